The molecular formula is C12H16BrFN2O. The molecule has 0 spiro atoms. The Balaban J connectivity index is 2.50. The third-order valence-corrected chi connectivity index (χ3v) is 3.08. The summed E-state index contributed by atoms with van der Waals surface area (Å²) in [6.45, 7) is 4.07. The summed E-state index contributed by atoms with van der Waals surface area (Å²) in [6, 6.07) is 4.46. The second kappa shape index (κ2) is 6.59. The molecule has 0 saturated carbocycles. The fourth-order valence-corrected chi connectivity index (χ4v) is 1.62. The zero-order valence-electron chi connectivity index (χ0n) is 9.89. The van der Waals surface area contributed by atoms with Crippen LogP contribution in [0.25, 0.3) is 0 Å². The van der Waals surface area contributed by atoms with E-state index in [0.717, 1.165) is 10.9 Å². The summed E-state index contributed by atoms with van der Waals surface area (Å²) in [7, 11) is 0. The van der Waals surface area contributed by atoms with Crippen molar-refractivity contribution in [3.63, 3.8) is 0 Å². The van der Waals surface area contributed by atoms with Crippen LogP contribution >= 0.6 is 15.9 Å². The Bertz CT molecular complexity index is 398. The lowest BCUT2D eigenvalue weighted by molar-refractivity contribution is -0.120. The molecule has 1 aromatic carbocycles. The predicted octanol–water partition coefficient (Wildman–Crippen LogP) is 2.91. The molecule has 0 bridgehead atoms. The minimum absolute atomic E-state index is 0.101. The Hall–Kier alpha value is -1.10. The maximum Gasteiger partial charge on any atom is 0.239 e. The number of halogens is 2. The first-order chi connectivity index (χ1) is 8.02. The van der Waals surface area contributed by atoms with Crippen LogP contribution in [0.4, 0.5) is 10.1 Å². The lowest BCUT2D eigenvalue weighted by Gasteiger charge is -2.13. The summed E-state index contributed by atoms with van der Waals surface area (Å²) in [5.74, 6) is -0.437. The molecule has 3 nitrogen and oxygen atoms in total. The van der Waals surface area contributed by atoms with Crippen molar-refractivity contribution in [2.24, 2.45) is 0 Å². The van der Waals surface area contributed by atoms with E-state index in [9.17, 15) is 9.18 Å². The van der Waals surface area contributed by atoms with Gasteiger partial charge in [0.15, 0.2) is 0 Å². The molecule has 1 atom stereocenters. The van der Waals surface area contributed by atoms with Gasteiger partial charge in [-0.2, -0.15) is 0 Å². The number of rotatable bonds is 5. The van der Waals surface area contributed by atoms with Gasteiger partial charge >= 0.3 is 0 Å². The number of benzene rings is 1. The minimum Gasteiger partial charge on any atom is -0.375 e. The number of hydrogen-bond donors (Lipinski definition) is 2. The van der Waals surface area contributed by atoms with E-state index in [1.165, 1.54) is 12.1 Å². The zero-order valence-corrected chi connectivity index (χ0v) is 11.5. The molecule has 0 aliphatic carbocycles. The molecule has 94 valence electrons. The standard InChI is InChI=1S/C12H16BrFN2O/c1-3-8(2)16-12(17)7-15-11-6-9(14)4-5-10(11)13/h4-6,8,15H,3,7H2,1-2H3,(H,16,17). The SMILES string of the molecule is CCC(C)NC(=O)CNc1cc(F)ccc1Br. The Morgan fingerprint density at radius 2 is 2.24 bits per heavy atom. The first kappa shape index (κ1) is 14.0. The van der Waals surface area contributed by atoms with E-state index in [4.69, 9.17) is 0 Å². The van der Waals surface area contributed by atoms with Gasteiger partial charge in [0.1, 0.15) is 5.82 Å². The van der Waals surface area contributed by atoms with Crippen LogP contribution in [0.1, 0.15) is 20.3 Å². The summed E-state index contributed by atoms with van der Waals surface area (Å²) in [4.78, 5) is 11.5. The van der Waals surface area contributed by atoms with Crippen LogP contribution in [-0.4, -0.2) is 18.5 Å². The highest BCUT2D eigenvalue weighted by atomic mass is 79.9. The highest BCUT2D eigenvalue weighted by Gasteiger charge is 2.07. The van der Waals surface area contributed by atoms with E-state index < -0.39 is 0 Å². The molecule has 0 heterocycles. The number of carbonyl (C=O) groups excluding carboxylic acids is 1. The van der Waals surface area contributed by atoms with E-state index in [1.54, 1.807) is 6.07 Å². The van der Waals surface area contributed by atoms with E-state index in [1.807, 2.05) is 13.8 Å². The van der Waals surface area contributed by atoms with Gasteiger partial charge < -0.3 is 10.6 Å². The number of carbonyl (C=O) groups is 1. The highest BCUT2D eigenvalue weighted by molar-refractivity contribution is 9.10. The van der Waals surface area contributed by atoms with Gasteiger partial charge in [-0.15, -0.1) is 0 Å². The molecule has 1 amide bonds. The van der Waals surface area contributed by atoms with E-state index in [-0.39, 0.29) is 24.3 Å². The third-order valence-electron chi connectivity index (χ3n) is 2.39. The molecule has 0 aliphatic heterocycles. The van der Waals surface area contributed by atoms with Crippen molar-refractivity contribution in [1.82, 2.24) is 5.32 Å². The van der Waals surface area contributed by atoms with E-state index in [2.05, 4.69) is 26.6 Å². The number of amides is 1. The van der Waals surface area contributed by atoms with Crippen molar-refractivity contribution in [3.8, 4) is 0 Å². The van der Waals surface area contributed by atoms with Crippen LogP contribution in [0.2, 0.25) is 0 Å². The second-order valence-electron chi connectivity index (χ2n) is 3.85. The van der Waals surface area contributed by atoms with Crippen molar-refractivity contribution in [3.05, 3.63) is 28.5 Å². The maximum atomic E-state index is 13.0. The fraction of sp³-hybridized carbons (Fsp3) is 0.417. The largest absolute Gasteiger partial charge is 0.375 e. The van der Waals surface area contributed by atoms with Crippen molar-refractivity contribution in [2.45, 2.75) is 26.3 Å². The molecular weight excluding hydrogens is 287 g/mol. The number of nitrogens with one attached hydrogen (secondary N) is 2. The number of hydrogen-bond acceptors (Lipinski definition) is 2. The molecule has 0 aromatic heterocycles. The monoisotopic (exact) mass is 302 g/mol. The Kier molecular flexibility index (Phi) is 5.41. The molecule has 1 aromatic rings. The summed E-state index contributed by atoms with van der Waals surface area (Å²) in [5, 5.41) is 5.71. The Labute approximate surface area is 109 Å². The molecule has 5 heteroatoms. The van der Waals surface area contributed by atoms with Gasteiger partial charge in [0.25, 0.3) is 0 Å². The van der Waals surface area contributed by atoms with Crippen molar-refractivity contribution in [2.75, 3.05) is 11.9 Å². The average Bonchev–Trinajstić information content (AvgIpc) is 2.30. The Morgan fingerprint density at radius 3 is 2.88 bits per heavy atom. The van der Waals surface area contributed by atoms with Gasteiger partial charge in [-0.3, -0.25) is 4.79 Å². The molecule has 0 saturated heterocycles. The van der Waals surface area contributed by atoms with E-state index in [0.29, 0.717) is 5.69 Å². The molecule has 1 unspecified atom stereocenters. The summed E-state index contributed by atoms with van der Waals surface area (Å²) in [5.41, 5.74) is 0.573. The smallest absolute Gasteiger partial charge is 0.239 e. The zero-order chi connectivity index (χ0) is 12.8. The molecule has 2 N–H and O–H groups in total. The predicted molar refractivity (Wildman–Crippen MR) is 70.5 cm³/mol. The van der Waals surface area contributed by atoms with Crippen LogP contribution in [0.3, 0.4) is 0 Å². The summed E-state index contributed by atoms with van der Waals surface area (Å²) in [6.07, 6.45) is 0.884. The van der Waals surface area contributed by atoms with Gasteiger partial charge in [-0.05, 0) is 47.5 Å². The normalized spacial score (nSPS) is 12.0. The van der Waals surface area contributed by atoms with Gasteiger partial charge in [0.2, 0.25) is 5.91 Å². The second-order valence-corrected chi connectivity index (χ2v) is 4.71. The van der Waals surface area contributed by atoms with Crippen LogP contribution in [0.15, 0.2) is 22.7 Å². The van der Waals surface area contributed by atoms with Crippen LogP contribution in [0, 0.1) is 5.82 Å². The van der Waals surface area contributed by atoms with E-state index >= 15 is 0 Å². The topological polar surface area (TPSA) is 41.1 Å². The molecule has 0 fully saturated rings. The van der Waals surface area contributed by atoms with Crippen LogP contribution in [-0.2, 0) is 4.79 Å². The number of anilines is 1. The third kappa shape index (κ3) is 4.73. The van der Waals surface area contributed by atoms with Crippen molar-refractivity contribution < 1.29 is 9.18 Å². The van der Waals surface area contributed by atoms with Crippen molar-refractivity contribution in [1.29, 1.82) is 0 Å². The maximum absolute atomic E-state index is 13.0. The Morgan fingerprint density at radius 1 is 1.53 bits per heavy atom. The van der Waals surface area contributed by atoms with Gasteiger partial charge in [0, 0.05) is 10.5 Å². The summed E-state index contributed by atoms with van der Waals surface area (Å²) < 4.78 is 13.7. The first-order valence-corrected chi connectivity index (χ1v) is 6.30. The molecule has 17 heavy (non-hydrogen) atoms. The minimum atomic E-state index is -0.335. The van der Waals surface area contributed by atoms with Crippen LogP contribution < -0.4 is 10.6 Å². The molecule has 0 aliphatic rings. The molecule has 1 rings (SSSR count). The van der Waals surface area contributed by atoms with Crippen LogP contribution in [0.5, 0.6) is 0 Å². The molecule has 0 radical (unpaired) electrons. The van der Waals surface area contributed by atoms with Crippen molar-refractivity contribution >= 4 is 27.5 Å². The quantitative estimate of drug-likeness (QED) is 0.878. The summed E-state index contributed by atoms with van der Waals surface area (Å²) >= 11 is 3.28. The first-order valence-electron chi connectivity index (χ1n) is 5.51. The van der Waals surface area contributed by atoms with Gasteiger partial charge in [0.05, 0.1) is 12.2 Å². The van der Waals surface area contributed by atoms with Gasteiger partial charge in [-0.25, -0.2) is 4.39 Å². The van der Waals surface area contributed by atoms with Gasteiger partial charge in [-0.1, -0.05) is 6.92 Å². The highest BCUT2D eigenvalue weighted by Crippen LogP contribution is 2.22. The fourth-order valence-electron chi connectivity index (χ4n) is 1.24. The lowest BCUT2D eigenvalue weighted by atomic mass is 10.2. The average molecular weight is 303 g/mol. The lowest BCUT2D eigenvalue weighted by Crippen LogP contribution is -2.36.